The highest BCUT2D eigenvalue weighted by Crippen LogP contribution is 2.19. The van der Waals surface area contributed by atoms with E-state index in [1.807, 2.05) is 25.1 Å². The van der Waals surface area contributed by atoms with Gasteiger partial charge in [0.05, 0.1) is 0 Å². The molecule has 0 unspecified atom stereocenters. The van der Waals surface area contributed by atoms with Gasteiger partial charge in [-0.25, -0.2) is 4.79 Å². The molecule has 1 rings (SSSR count). The van der Waals surface area contributed by atoms with Crippen molar-refractivity contribution in [1.82, 2.24) is 4.90 Å². The molecule has 1 aromatic rings. The molecule has 5 nitrogen and oxygen atoms in total. The van der Waals surface area contributed by atoms with Crippen LogP contribution in [0.5, 0.6) is 0 Å². The molecular formula is C15H21BrClNO4. The fourth-order valence-corrected chi connectivity index (χ4v) is 1.69. The zero-order chi connectivity index (χ0) is 17.5. The molecule has 0 aliphatic heterocycles. The Morgan fingerprint density at radius 2 is 1.91 bits per heavy atom. The normalized spacial score (nSPS) is 10.3. The van der Waals surface area contributed by atoms with Crippen LogP contribution in [0, 0.1) is 6.92 Å². The fourth-order valence-electron chi connectivity index (χ4n) is 1.22. The minimum absolute atomic E-state index is 0.352. The zero-order valence-corrected chi connectivity index (χ0v) is 15.7. The molecular weight excluding hydrogens is 374 g/mol. The van der Waals surface area contributed by atoms with Crippen molar-refractivity contribution in [3.8, 4) is 0 Å². The SMILES string of the molecule is CN(CC(=O)O)C(=O)OC(C)(C)C.Cc1cc(Cl)ccc1Br. The Morgan fingerprint density at radius 3 is 2.27 bits per heavy atom. The Morgan fingerprint density at radius 1 is 1.36 bits per heavy atom. The number of hydrogen-bond donors (Lipinski definition) is 1. The van der Waals surface area contributed by atoms with E-state index in [0.717, 1.165) is 14.4 Å². The van der Waals surface area contributed by atoms with Crippen LogP contribution < -0.4 is 0 Å². The molecule has 0 aromatic heterocycles. The van der Waals surface area contributed by atoms with Gasteiger partial charge >= 0.3 is 12.1 Å². The van der Waals surface area contributed by atoms with Gasteiger partial charge < -0.3 is 14.7 Å². The summed E-state index contributed by atoms with van der Waals surface area (Å²) >= 11 is 9.07. The van der Waals surface area contributed by atoms with Gasteiger partial charge in [-0.05, 0) is 51.5 Å². The van der Waals surface area contributed by atoms with Crippen molar-refractivity contribution in [3.63, 3.8) is 0 Å². The van der Waals surface area contributed by atoms with Gasteiger partial charge in [-0.2, -0.15) is 0 Å². The zero-order valence-electron chi connectivity index (χ0n) is 13.3. The Balaban J connectivity index is 0.000000425. The molecule has 0 spiro atoms. The van der Waals surface area contributed by atoms with E-state index in [4.69, 9.17) is 21.4 Å². The van der Waals surface area contributed by atoms with E-state index in [1.165, 1.54) is 12.6 Å². The summed E-state index contributed by atoms with van der Waals surface area (Å²) in [7, 11) is 1.38. The van der Waals surface area contributed by atoms with E-state index < -0.39 is 17.7 Å². The molecule has 7 heteroatoms. The Hall–Kier alpha value is -1.27. The number of amides is 1. The van der Waals surface area contributed by atoms with Crippen LogP contribution in [-0.4, -0.2) is 41.3 Å². The van der Waals surface area contributed by atoms with Gasteiger partial charge in [0.2, 0.25) is 0 Å². The van der Waals surface area contributed by atoms with E-state index in [1.54, 1.807) is 20.8 Å². The number of hydrogen-bond acceptors (Lipinski definition) is 3. The minimum atomic E-state index is -1.06. The second-order valence-electron chi connectivity index (χ2n) is 5.62. The van der Waals surface area contributed by atoms with Gasteiger partial charge in [0.15, 0.2) is 0 Å². The number of carboxylic acids is 1. The lowest BCUT2D eigenvalue weighted by Gasteiger charge is -2.23. The third-order valence-corrected chi connectivity index (χ3v) is 3.32. The third kappa shape index (κ3) is 9.63. The first-order valence-electron chi connectivity index (χ1n) is 6.50. The molecule has 0 atom stereocenters. The number of nitrogens with zero attached hydrogens (tertiary/aromatic N) is 1. The summed E-state index contributed by atoms with van der Waals surface area (Å²) in [5.74, 6) is -1.06. The highest BCUT2D eigenvalue weighted by Gasteiger charge is 2.20. The average Bonchev–Trinajstić information content (AvgIpc) is 2.32. The summed E-state index contributed by atoms with van der Waals surface area (Å²) in [5, 5.41) is 9.17. The summed E-state index contributed by atoms with van der Waals surface area (Å²) in [6, 6.07) is 5.72. The number of aliphatic carboxylic acids is 1. The molecule has 0 heterocycles. The van der Waals surface area contributed by atoms with Crippen LogP contribution in [0.15, 0.2) is 22.7 Å². The molecule has 0 fully saturated rings. The lowest BCUT2D eigenvalue weighted by molar-refractivity contribution is -0.137. The number of aryl methyl sites for hydroxylation is 1. The molecule has 0 bridgehead atoms. The highest BCUT2D eigenvalue weighted by atomic mass is 79.9. The summed E-state index contributed by atoms with van der Waals surface area (Å²) in [4.78, 5) is 22.4. The van der Waals surface area contributed by atoms with Crippen molar-refractivity contribution in [1.29, 1.82) is 0 Å². The lowest BCUT2D eigenvalue weighted by Crippen LogP contribution is -2.37. The number of halogens is 2. The maximum atomic E-state index is 11.1. The van der Waals surface area contributed by atoms with Crippen molar-refractivity contribution >= 4 is 39.6 Å². The van der Waals surface area contributed by atoms with Gasteiger partial charge in [0.25, 0.3) is 0 Å². The molecule has 0 aliphatic rings. The van der Waals surface area contributed by atoms with Gasteiger partial charge in [-0.15, -0.1) is 0 Å². The van der Waals surface area contributed by atoms with E-state index in [0.29, 0.717) is 0 Å². The first-order chi connectivity index (χ1) is 9.92. The predicted octanol–water partition coefficient (Wildman–Crippen LogP) is 4.35. The third-order valence-electron chi connectivity index (χ3n) is 2.20. The second-order valence-corrected chi connectivity index (χ2v) is 6.91. The molecule has 0 aliphatic carbocycles. The Labute approximate surface area is 144 Å². The quantitative estimate of drug-likeness (QED) is 0.810. The van der Waals surface area contributed by atoms with Crippen LogP contribution in [0.25, 0.3) is 0 Å². The summed E-state index contributed by atoms with van der Waals surface area (Å²) in [6.45, 7) is 6.82. The van der Waals surface area contributed by atoms with Crippen molar-refractivity contribution < 1.29 is 19.4 Å². The van der Waals surface area contributed by atoms with E-state index in [9.17, 15) is 9.59 Å². The van der Waals surface area contributed by atoms with Crippen LogP contribution in [0.4, 0.5) is 4.79 Å². The molecule has 1 amide bonds. The van der Waals surface area contributed by atoms with Crippen molar-refractivity contribution in [3.05, 3.63) is 33.3 Å². The first-order valence-corrected chi connectivity index (χ1v) is 7.67. The summed E-state index contributed by atoms with van der Waals surface area (Å²) in [5.41, 5.74) is 0.576. The van der Waals surface area contributed by atoms with Gasteiger partial charge in [0, 0.05) is 16.5 Å². The molecule has 0 saturated carbocycles. The van der Waals surface area contributed by atoms with Crippen LogP contribution in [0.3, 0.4) is 0 Å². The van der Waals surface area contributed by atoms with E-state index >= 15 is 0 Å². The molecule has 124 valence electrons. The number of ether oxygens (including phenoxy) is 1. The fraction of sp³-hybridized carbons (Fsp3) is 0.467. The van der Waals surface area contributed by atoms with Gasteiger partial charge in [0.1, 0.15) is 12.1 Å². The maximum Gasteiger partial charge on any atom is 0.410 e. The van der Waals surface area contributed by atoms with Crippen molar-refractivity contribution in [2.45, 2.75) is 33.3 Å². The monoisotopic (exact) mass is 393 g/mol. The summed E-state index contributed by atoms with van der Waals surface area (Å²) in [6.07, 6.45) is -0.630. The summed E-state index contributed by atoms with van der Waals surface area (Å²) < 4.78 is 6.03. The van der Waals surface area contributed by atoms with Crippen LogP contribution in [-0.2, 0) is 9.53 Å². The molecule has 0 radical (unpaired) electrons. The maximum absolute atomic E-state index is 11.1. The molecule has 22 heavy (non-hydrogen) atoms. The lowest BCUT2D eigenvalue weighted by atomic mass is 10.2. The van der Waals surface area contributed by atoms with Crippen molar-refractivity contribution in [2.75, 3.05) is 13.6 Å². The Bertz CT molecular complexity index is 529. The topological polar surface area (TPSA) is 66.8 Å². The number of carboxylic acid groups (broad SMARTS) is 1. The molecule has 1 aromatic carbocycles. The van der Waals surface area contributed by atoms with Gasteiger partial charge in [-0.1, -0.05) is 27.5 Å². The number of benzene rings is 1. The van der Waals surface area contributed by atoms with Gasteiger partial charge in [-0.3, -0.25) is 4.79 Å². The number of carbonyl (C=O) groups excluding carboxylic acids is 1. The number of rotatable bonds is 2. The minimum Gasteiger partial charge on any atom is -0.480 e. The number of carbonyl (C=O) groups is 2. The molecule has 1 N–H and O–H groups in total. The predicted molar refractivity (Wildman–Crippen MR) is 90.4 cm³/mol. The Kier molecular flexibility index (Phi) is 8.48. The largest absolute Gasteiger partial charge is 0.480 e. The smallest absolute Gasteiger partial charge is 0.410 e. The standard InChI is InChI=1S/C8H15NO4.C7H6BrCl/c1-8(2,3)13-7(12)9(4)5-6(10)11;1-5-4-6(9)2-3-7(5)8/h5H2,1-4H3,(H,10,11);2-4H,1H3. The number of likely N-dealkylation sites (N-methyl/N-ethyl adjacent to an activating group) is 1. The molecule has 0 saturated heterocycles. The second kappa shape index (κ2) is 9.00. The average molecular weight is 395 g/mol. The first kappa shape index (κ1) is 20.7. The van der Waals surface area contributed by atoms with Crippen LogP contribution in [0.1, 0.15) is 26.3 Å². The van der Waals surface area contributed by atoms with Crippen molar-refractivity contribution in [2.24, 2.45) is 0 Å². The highest BCUT2D eigenvalue weighted by molar-refractivity contribution is 9.10. The van der Waals surface area contributed by atoms with Crippen LogP contribution in [0.2, 0.25) is 5.02 Å². The van der Waals surface area contributed by atoms with E-state index in [-0.39, 0.29) is 6.54 Å². The van der Waals surface area contributed by atoms with Crippen LogP contribution >= 0.6 is 27.5 Å². The van der Waals surface area contributed by atoms with E-state index in [2.05, 4.69) is 15.9 Å².